The van der Waals surface area contributed by atoms with Crippen molar-refractivity contribution in [2.75, 3.05) is 5.73 Å². The summed E-state index contributed by atoms with van der Waals surface area (Å²) < 4.78 is 5.78. The number of ether oxygens (including phenoxy) is 1. The molecule has 0 aliphatic carbocycles. The summed E-state index contributed by atoms with van der Waals surface area (Å²) in [5.41, 5.74) is 8.37. The van der Waals surface area contributed by atoms with Crippen molar-refractivity contribution in [2.24, 2.45) is 0 Å². The quantitative estimate of drug-likeness (QED) is 0.842. The first-order valence-corrected chi connectivity index (χ1v) is 6.52. The maximum Gasteiger partial charge on any atom is 0.254 e. The van der Waals surface area contributed by atoms with Gasteiger partial charge in [0.15, 0.2) is 0 Å². The Hall–Kier alpha value is -2.30. The molecule has 0 spiro atoms. The molecule has 5 nitrogen and oxygen atoms in total. The number of aromatic nitrogens is 2. The van der Waals surface area contributed by atoms with Gasteiger partial charge in [-0.15, -0.1) is 0 Å². The minimum absolute atomic E-state index is 0.231. The zero-order valence-electron chi connectivity index (χ0n) is 12.2. The number of nitrogens with two attached hydrogens (primary N) is 1. The van der Waals surface area contributed by atoms with Gasteiger partial charge in [-0.1, -0.05) is 13.8 Å². The summed E-state index contributed by atoms with van der Waals surface area (Å²) in [4.78, 5) is 18.2. The van der Waals surface area contributed by atoms with Crippen molar-refractivity contribution in [3.05, 3.63) is 45.5 Å². The van der Waals surface area contributed by atoms with Gasteiger partial charge < -0.3 is 15.5 Å². The predicted molar refractivity (Wildman–Crippen MR) is 79.3 cm³/mol. The van der Waals surface area contributed by atoms with E-state index in [1.807, 2.05) is 19.1 Å². The van der Waals surface area contributed by atoms with Crippen molar-refractivity contribution >= 4 is 5.69 Å². The fraction of sp³-hybridized carbons (Fsp3) is 0.333. The number of H-pyrrole nitrogens is 1. The number of hydrogen-bond donors (Lipinski definition) is 2. The van der Waals surface area contributed by atoms with Gasteiger partial charge in [0.05, 0.1) is 6.07 Å². The van der Waals surface area contributed by atoms with E-state index >= 15 is 0 Å². The normalized spacial score (nSPS) is 10.8. The van der Waals surface area contributed by atoms with Gasteiger partial charge in [0, 0.05) is 5.69 Å². The molecule has 0 saturated carbocycles. The summed E-state index contributed by atoms with van der Waals surface area (Å²) in [5, 5.41) is 0. The topological polar surface area (TPSA) is 81.0 Å². The molecule has 0 fully saturated rings. The molecule has 2 rings (SSSR count). The van der Waals surface area contributed by atoms with Crippen LogP contribution in [-0.2, 0) is 0 Å². The standard InChI is InChI=1S/C15H19N3O2/c1-8(2)11-6-12(16)9(3)5-13(11)20-15-7-14(19)17-10(4)18-15/h5-8H,16H2,1-4H3,(H,17,18,19). The second kappa shape index (κ2) is 5.36. The molecule has 0 bridgehead atoms. The van der Waals surface area contributed by atoms with Gasteiger partial charge in [-0.05, 0) is 43.0 Å². The van der Waals surface area contributed by atoms with Gasteiger partial charge in [-0.3, -0.25) is 4.79 Å². The summed E-state index contributed by atoms with van der Waals surface area (Å²) >= 11 is 0. The largest absolute Gasteiger partial charge is 0.438 e. The van der Waals surface area contributed by atoms with Crippen molar-refractivity contribution in [2.45, 2.75) is 33.6 Å². The van der Waals surface area contributed by atoms with E-state index < -0.39 is 0 Å². The van der Waals surface area contributed by atoms with E-state index in [1.165, 1.54) is 6.07 Å². The highest BCUT2D eigenvalue weighted by molar-refractivity contribution is 5.55. The van der Waals surface area contributed by atoms with Gasteiger partial charge in [0.25, 0.3) is 5.56 Å². The Kier molecular flexibility index (Phi) is 3.79. The number of hydrogen-bond acceptors (Lipinski definition) is 4. The van der Waals surface area contributed by atoms with E-state index in [4.69, 9.17) is 10.5 Å². The van der Waals surface area contributed by atoms with E-state index in [-0.39, 0.29) is 17.4 Å². The van der Waals surface area contributed by atoms with Gasteiger partial charge in [-0.2, -0.15) is 0 Å². The van der Waals surface area contributed by atoms with E-state index in [0.717, 1.165) is 16.8 Å². The van der Waals surface area contributed by atoms with Crippen LogP contribution in [0, 0.1) is 13.8 Å². The van der Waals surface area contributed by atoms with Crippen LogP contribution in [0.25, 0.3) is 0 Å². The van der Waals surface area contributed by atoms with Crippen molar-refractivity contribution in [1.82, 2.24) is 9.97 Å². The Morgan fingerprint density at radius 1 is 1.25 bits per heavy atom. The molecule has 0 amide bonds. The average molecular weight is 273 g/mol. The Morgan fingerprint density at radius 2 is 1.95 bits per heavy atom. The van der Waals surface area contributed by atoms with E-state index in [2.05, 4.69) is 23.8 Å². The lowest BCUT2D eigenvalue weighted by Gasteiger charge is -2.15. The second-order valence-electron chi connectivity index (χ2n) is 5.17. The molecule has 106 valence electrons. The van der Waals surface area contributed by atoms with Crippen molar-refractivity contribution < 1.29 is 4.74 Å². The van der Waals surface area contributed by atoms with Gasteiger partial charge >= 0.3 is 0 Å². The lowest BCUT2D eigenvalue weighted by atomic mass is 9.99. The van der Waals surface area contributed by atoms with Crippen LogP contribution in [0.4, 0.5) is 5.69 Å². The van der Waals surface area contributed by atoms with E-state index in [0.29, 0.717) is 11.6 Å². The van der Waals surface area contributed by atoms with Crippen molar-refractivity contribution in [3.8, 4) is 11.6 Å². The lowest BCUT2D eigenvalue weighted by molar-refractivity contribution is 0.450. The molecule has 0 radical (unpaired) electrons. The Morgan fingerprint density at radius 3 is 2.55 bits per heavy atom. The molecule has 2 aromatic rings. The number of nitrogen functional groups attached to an aromatic ring is 1. The van der Waals surface area contributed by atoms with Crippen LogP contribution < -0.4 is 16.0 Å². The van der Waals surface area contributed by atoms with Gasteiger partial charge in [-0.25, -0.2) is 4.98 Å². The number of nitrogens with one attached hydrogen (secondary N) is 1. The molecule has 1 aromatic heterocycles. The number of benzene rings is 1. The highest BCUT2D eigenvalue weighted by Gasteiger charge is 2.12. The molecular weight excluding hydrogens is 254 g/mol. The average Bonchev–Trinajstić information content (AvgIpc) is 2.31. The van der Waals surface area contributed by atoms with Crippen LogP contribution in [-0.4, -0.2) is 9.97 Å². The molecule has 0 atom stereocenters. The third kappa shape index (κ3) is 2.99. The Balaban J connectivity index is 2.47. The minimum Gasteiger partial charge on any atom is -0.438 e. The lowest BCUT2D eigenvalue weighted by Crippen LogP contribution is -2.09. The SMILES string of the molecule is Cc1nc(Oc2cc(C)c(N)cc2C(C)C)cc(=O)[nH]1. The summed E-state index contributed by atoms with van der Waals surface area (Å²) in [7, 11) is 0. The molecule has 0 saturated heterocycles. The third-order valence-electron chi connectivity index (χ3n) is 3.07. The summed E-state index contributed by atoms with van der Waals surface area (Å²) in [6.07, 6.45) is 0. The van der Waals surface area contributed by atoms with Crippen LogP contribution >= 0.6 is 0 Å². The van der Waals surface area contributed by atoms with Crippen LogP contribution in [0.1, 0.15) is 36.7 Å². The van der Waals surface area contributed by atoms with Gasteiger partial charge in [0.2, 0.25) is 5.88 Å². The molecular formula is C15H19N3O2. The maximum atomic E-state index is 11.4. The predicted octanol–water partition coefficient (Wildman–Crippen LogP) is 2.88. The van der Waals surface area contributed by atoms with Crippen molar-refractivity contribution in [3.63, 3.8) is 0 Å². The highest BCUT2D eigenvalue weighted by Crippen LogP contribution is 2.33. The zero-order valence-corrected chi connectivity index (χ0v) is 12.2. The minimum atomic E-state index is -0.231. The molecule has 1 heterocycles. The Bertz CT molecular complexity index is 690. The second-order valence-corrected chi connectivity index (χ2v) is 5.17. The molecule has 20 heavy (non-hydrogen) atoms. The van der Waals surface area contributed by atoms with Crippen LogP contribution in [0.3, 0.4) is 0 Å². The smallest absolute Gasteiger partial charge is 0.254 e. The monoisotopic (exact) mass is 273 g/mol. The molecule has 0 aliphatic rings. The fourth-order valence-electron chi connectivity index (χ4n) is 1.97. The first-order valence-electron chi connectivity index (χ1n) is 6.52. The number of anilines is 1. The van der Waals surface area contributed by atoms with Crippen LogP contribution in [0.15, 0.2) is 23.0 Å². The highest BCUT2D eigenvalue weighted by atomic mass is 16.5. The molecule has 0 aliphatic heterocycles. The van der Waals surface area contributed by atoms with Crippen LogP contribution in [0.5, 0.6) is 11.6 Å². The first kappa shape index (κ1) is 14.1. The van der Waals surface area contributed by atoms with E-state index in [9.17, 15) is 4.79 Å². The number of rotatable bonds is 3. The van der Waals surface area contributed by atoms with E-state index in [1.54, 1.807) is 6.92 Å². The Labute approximate surface area is 117 Å². The maximum absolute atomic E-state index is 11.4. The summed E-state index contributed by atoms with van der Waals surface area (Å²) in [6.45, 7) is 7.76. The van der Waals surface area contributed by atoms with Crippen molar-refractivity contribution in [1.29, 1.82) is 0 Å². The first-order chi connectivity index (χ1) is 9.36. The fourth-order valence-corrected chi connectivity index (χ4v) is 1.97. The van der Waals surface area contributed by atoms with Crippen LogP contribution in [0.2, 0.25) is 0 Å². The molecule has 0 unspecified atom stereocenters. The summed E-state index contributed by atoms with van der Waals surface area (Å²) in [6, 6.07) is 5.13. The molecule has 5 heteroatoms. The number of aryl methyl sites for hydroxylation is 2. The number of aromatic amines is 1. The number of nitrogens with zero attached hydrogens (tertiary/aromatic N) is 1. The molecule has 3 N–H and O–H groups in total. The molecule has 1 aromatic carbocycles. The van der Waals surface area contributed by atoms with Gasteiger partial charge in [0.1, 0.15) is 11.6 Å². The zero-order chi connectivity index (χ0) is 14.9. The summed E-state index contributed by atoms with van der Waals surface area (Å²) in [5.74, 6) is 1.75. The third-order valence-corrected chi connectivity index (χ3v) is 3.07.